The molecule has 0 radical (unpaired) electrons. The summed E-state index contributed by atoms with van der Waals surface area (Å²) in [5.41, 5.74) is 12.4. The van der Waals surface area contributed by atoms with Crippen molar-refractivity contribution in [3.8, 4) is 0 Å². The average molecular weight is 548 g/mol. The second-order valence-corrected chi connectivity index (χ2v) is 10.6. The summed E-state index contributed by atoms with van der Waals surface area (Å²) in [6.07, 6.45) is 4.26. The van der Waals surface area contributed by atoms with Crippen molar-refractivity contribution in [3.63, 3.8) is 0 Å². The van der Waals surface area contributed by atoms with Crippen molar-refractivity contribution in [2.45, 2.75) is 52.0 Å². The lowest BCUT2D eigenvalue weighted by molar-refractivity contribution is 0.0194. The predicted molar refractivity (Wildman–Crippen MR) is 150 cm³/mol. The molecule has 3 aromatic heterocycles. The van der Waals surface area contributed by atoms with Gasteiger partial charge in [-0.2, -0.15) is 0 Å². The molecule has 40 heavy (non-hydrogen) atoms. The summed E-state index contributed by atoms with van der Waals surface area (Å²) < 4.78 is 12.3. The van der Waals surface area contributed by atoms with Gasteiger partial charge in [0.25, 0.3) is 5.91 Å². The molecule has 0 bridgehead atoms. The number of carbonyl (C=O) groups excluding carboxylic acids is 1. The summed E-state index contributed by atoms with van der Waals surface area (Å²) in [6.45, 7) is 5.60. The van der Waals surface area contributed by atoms with Crippen molar-refractivity contribution in [2.75, 3.05) is 32.1 Å². The molecule has 4 heterocycles. The molecule has 212 valence electrons. The normalized spacial score (nSPS) is 18.3. The number of fused-ring (bicyclic) bond motifs is 1. The number of hydrogen-bond acceptors (Lipinski definition) is 9. The van der Waals surface area contributed by atoms with Crippen LogP contribution in [-0.2, 0) is 24.2 Å². The number of piperidine rings is 1. The van der Waals surface area contributed by atoms with Gasteiger partial charge in [-0.1, -0.05) is 34.6 Å². The molecule has 0 aliphatic carbocycles. The Labute approximate surface area is 233 Å². The Kier molecular flexibility index (Phi) is 8.15. The summed E-state index contributed by atoms with van der Waals surface area (Å²) in [6, 6.07) is 10.1. The zero-order chi connectivity index (χ0) is 28.4. The number of aryl methyl sites for hydroxylation is 1. The molecule has 1 aromatic carbocycles. The number of aliphatic hydroxyl groups excluding tert-OH is 1. The number of anilines is 1. The number of hydrogen-bond donors (Lipinski definition) is 2. The smallest absolute Gasteiger partial charge is 0.274 e. The highest BCUT2D eigenvalue weighted by atomic mass is 16.6. The van der Waals surface area contributed by atoms with Gasteiger partial charge in [0.2, 0.25) is 0 Å². The van der Waals surface area contributed by atoms with Crippen molar-refractivity contribution >= 4 is 17.2 Å². The molecule has 0 spiro atoms. The fourth-order valence-corrected chi connectivity index (χ4v) is 5.36. The first-order valence-corrected chi connectivity index (χ1v) is 13.6. The topological polar surface area (TPSA) is 135 Å². The molecule has 11 heteroatoms. The van der Waals surface area contributed by atoms with E-state index in [2.05, 4.69) is 16.4 Å². The van der Waals surface area contributed by atoms with E-state index in [1.54, 1.807) is 18.2 Å². The minimum atomic E-state index is -0.626. The molecular weight excluding hydrogens is 510 g/mol. The van der Waals surface area contributed by atoms with Crippen LogP contribution in [0, 0.1) is 12.8 Å². The number of β-amino-alcohol motifs (C(OH)–C–C–N with tert-alkyl or cyclic N) is 1. The van der Waals surface area contributed by atoms with Crippen LogP contribution < -0.4 is 10.6 Å². The number of nitrogens with two attached hydrogens (primary N) is 1. The standard InChI is InChI=1S/C29H37N7O4/c1-18-25(33-40-32-18)15-34(3)23-12-24(19(2)39-4)28-31-26(16-36(28)14-23)29(38)35-10-9-21(27(37)17-35)11-20-7-5-6-8-22(20)13-30/h5-8,12,14,16,19,21,27,37H,9-11,13,15,17,30H2,1-4H3/t19-,21?,27-/m1/s1. The van der Waals surface area contributed by atoms with Gasteiger partial charge in [-0.15, -0.1) is 0 Å². The molecule has 1 saturated heterocycles. The lowest BCUT2D eigenvalue weighted by Gasteiger charge is -2.36. The second kappa shape index (κ2) is 11.7. The number of rotatable bonds is 9. The van der Waals surface area contributed by atoms with E-state index >= 15 is 0 Å². The van der Waals surface area contributed by atoms with Gasteiger partial charge in [0, 0.05) is 51.7 Å². The Hall–Kier alpha value is -3.80. The highest BCUT2D eigenvalue weighted by molar-refractivity contribution is 5.93. The van der Waals surface area contributed by atoms with Crippen LogP contribution in [0.25, 0.3) is 5.65 Å². The Morgan fingerprint density at radius 3 is 2.73 bits per heavy atom. The fraction of sp³-hybridized carbons (Fsp3) is 0.448. The van der Waals surface area contributed by atoms with E-state index in [0.717, 1.165) is 40.2 Å². The highest BCUT2D eigenvalue weighted by Gasteiger charge is 2.32. The number of likely N-dealkylation sites (tertiary alicyclic amines) is 1. The summed E-state index contributed by atoms with van der Waals surface area (Å²) in [5, 5.41) is 18.8. The van der Waals surface area contributed by atoms with Gasteiger partial charge in [-0.25, -0.2) is 9.61 Å². The maximum Gasteiger partial charge on any atom is 0.274 e. The molecule has 11 nitrogen and oxygen atoms in total. The van der Waals surface area contributed by atoms with Gasteiger partial charge >= 0.3 is 0 Å². The summed E-state index contributed by atoms with van der Waals surface area (Å²) in [4.78, 5) is 22.0. The van der Waals surface area contributed by atoms with E-state index in [0.29, 0.717) is 37.4 Å². The predicted octanol–water partition coefficient (Wildman–Crippen LogP) is 2.89. The van der Waals surface area contributed by atoms with Crippen LogP contribution in [0.1, 0.15) is 58.0 Å². The third-order valence-corrected chi connectivity index (χ3v) is 7.98. The molecule has 1 aliphatic rings. The molecular formula is C29H37N7O4. The number of methoxy groups -OCH3 is 1. The molecule has 5 rings (SSSR count). The number of benzene rings is 1. The van der Waals surface area contributed by atoms with Gasteiger partial charge in [0.15, 0.2) is 0 Å². The molecule has 0 saturated carbocycles. The Morgan fingerprint density at radius 1 is 1.27 bits per heavy atom. The molecule has 3 N–H and O–H groups in total. The van der Waals surface area contributed by atoms with E-state index in [-0.39, 0.29) is 24.5 Å². The van der Waals surface area contributed by atoms with Crippen molar-refractivity contribution in [1.82, 2.24) is 24.6 Å². The van der Waals surface area contributed by atoms with Crippen LogP contribution in [0.2, 0.25) is 0 Å². The monoisotopic (exact) mass is 547 g/mol. The lowest BCUT2D eigenvalue weighted by Crippen LogP contribution is -2.47. The van der Waals surface area contributed by atoms with E-state index in [9.17, 15) is 9.90 Å². The quantitative estimate of drug-likeness (QED) is 0.324. The zero-order valence-corrected chi connectivity index (χ0v) is 23.4. The Balaban J connectivity index is 1.35. The number of ether oxygens (including phenoxy) is 1. The number of aromatic nitrogens is 4. The Morgan fingerprint density at radius 2 is 2.05 bits per heavy atom. The van der Waals surface area contributed by atoms with Gasteiger partial charge in [-0.05, 0) is 49.8 Å². The van der Waals surface area contributed by atoms with Crippen molar-refractivity contribution in [3.05, 3.63) is 76.5 Å². The minimum Gasteiger partial charge on any atom is -0.391 e. The minimum absolute atomic E-state index is 0.0635. The average Bonchev–Trinajstić information content (AvgIpc) is 3.58. The molecule has 1 amide bonds. The number of aliphatic hydroxyl groups is 1. The van der Waals surface area contributed by atoms with Crippen LogP contribution in [0.3, 0.4) is 0 Å². The Bertz CT molecular complexity index is 1480. The molecule has 1 unspecified atom stereocenters. The summed E-state index contributed by atoms with van der Waals surface area (Å²) in [7, 11) is 3.60. The third kappa shape index (κ3) is 5.58. The van der Waals surface area contributed by atoms with Crippen molar-refractivity contribution < 1.29 is 19.3 Å². The maximum absolute atomic E-state index is 13.6. The van der Waals surface area contributed by atoms with Crippen molar-refractivity contribution in [2.24, 2.45) is 11.7 Å². The molecule has 4 aromatic rings. The summed E-state index contributed by atoms with van der Waals surface area (Å²) in [5.74, 6) is -0.132. The van der Waals surface area contributed by atoms with Gasteiger partial charge in [0.1, 0.15) is 22.7 Å². The first kappa shape index (κ1) is 27.8. The lowest BCUT2D eigenvalue weighted by atomic mass is 9.86. The van der Waals surface area contributed by atoms with Crippen LogP contribution >= 0.6 is 0 Å². The van der Waals surface area contributed by atoms with E-state index in [1.807, 2.05) is 60.7 Å². The molecule has 1 aliphatic heterocycles. The maximum atomic E-state index is 13.6. The van der Waals surface area contributed by atoms with Gasteiger partial charge < -0.3 is 29.8 Å². The molecule has 3 atom stereocenters. The number of carbonyl (C=O) groups is 1. The third-order valence-electron chi connectivity index (χ3n) is 7.98. The molecule has 1 fully saturated rings. The summed E-state index contributed by atoms with van der Waals surface area (Å²) >= 11 is 0. The van der Waals surface area contributed by atoms with E-state index in [1.165, 1.54) is 0 Å². The second-order valence-electron chi connectivity index (χ2n) is 10.6. The zero-order valence-electron chi connectivity index (χ0n) is 23.4. The van der Waals surface area contributed by atoms with E-state index in [4.69, 9.17) is 20.1 Å². The largest absolute Gasteiger partial charge is 0.391 e. The number of pyridine rings is 1. The van der Waals surface area contributed by atoms with Gasteiger partial charge in [-0.3, -0.25) is 4.79 Å². The number of amides is 1. The number of imidazole rings is 1. The SMILES string of the molecule is CO[C@H](C)c1cc(N(C)Cc2nonc2C)cn2cc(C(=O)N3CCC(Cc4ccccc4CN)[C@H](O)C3)nc12. The van der Waals surface area contributed by atoms with Crippen molar-refractivity contribution in [1.29, 1.82) is 0 Å². The van der Waals surface area contributed by atoms with Crippen LogP contribution in [0.4, 0.5) is 5.69 Å². The first-order chi connectivity index (χ1) is 19.3. The van der Waals surface area contributed by atoms with Crippen LogP contribution in [0.5, 0.6) is 0 Å². The number of nitrogens with zero attached hydrogens (tertiary/aromatic N) is 6. The van der Waals surface area contributed by atoms with Crippen LogP contribution in [-0.4, -0.2) is 69.0 Å². The fourth-order valence-electron chi connectivity index (χ4n) is 5.36. The highest BCUT2D eigenvalue weighted by Crippen LogP contribution is 2.29. The van der Waals surface area contributed by atoms with Crippen LogP contribution in [0.15, 0.2) is 47.4 Å². The first-order valence-electron chi connectivity index (χ1n) is 13.6. The van der Waals surface area contributed by atoms with E-state index < -0.39 is 6.10 Å². The van der Waals surface area contributed by atoms with Gasteiger partial charge in [0.05, 0.1) is 24.4 Å².